The summed E-state index contributed by atoms with van der Waals surface area (Å²) in [6, 6.07) is 1.89. The summed E-state index contributed by atoms with van der Waals surface area (Å²) in [7, 11) is 3.93. The minimum Gasteiger partial charge on any atom is -0.354 e. The van der Waals surface area contributed by atoms with E-state index in [1.807, 2.05) is 29.7 Å². The number of aromatic nitrogens is 2. The zero-order valence-corrected chi connectivity index (χ0v) is 12.9. The normalized spacial score (nSPS) is 18.3. The number of nitrogens with one attached hydrogen (secondary N) is 1. The summed E-state index contributed by atoms with van der Waals surface area (Å²) in [5.41, 5.74) is 0.966. The molecule has 0 fully saturated rings. The quantitative estimate of drug-likeness (QED) is 0.815. The van der Waals surface area contributed by atoms with Gasteiger partial charge >= 0.3 is 0 Å². The van der Waals surface area contributed by atoms with Gasteiger partial charge in [-0.15, -0.1) is 0 Å². The van der Waals surface area contributed by atoms with Crippen molar-refractivity contribution in [2.75, 3.05) is 33.7 Å². The van der Waals surface area contributed by atoms with Crippen molar-refractivity contribution in [3.63, 3.8) is 0 Å². The van der Waals surface area contributed by atoms with E-state index >= 15 is 0 Å². The number of carbonyl (C=O) groups excluding carboxylic acids is 2. The number of hydrogen-bond acceptors (Lipinski definition) is 4. The molecule has 1 aromatic rings. The molecule has 0 radical (unpaired) electrons. The molecule has 21 heavy (non-hydrogen) atoms. The fraction of sp³-hybridized carbons (Fsp3) is 0.643. The number of fused-ring (bicyclic) bond motifs is 1. The van der Waals surface area contributed by atoms with Crippen LogP contribution in [0.1, 0.15) is 12.6 Å². The molecular weight excluding hydrogens is 270 g/mol. The van der Waals surface area contributed by atoms with E-state index in [9.17, 15) is 9.59 Å². The van der Waals surface area contributed by atoms with Crippen LogP contribution in [-0.4, -0.2) is 65.1 Å². The molecule has 1 aromatic heterocycles. The highest BCUT2D eigenvalue weighted by Crippen LogP contribution is 2.16. The van der Waals surface area contributed by atoms with Crippen molar-refractivity contribution in [1.29, 1.82) is 0 Å². The van der Waals surface area contributed by atoms with E-state index in [0.29, 0.717) is 26.2 Å². The monoisotopic (exact) mass is 293 g/mol. The van der Waals surface area contributed by atoms with Crippen molar-refractivity contribution in [2.45, 2.75) is 20.0 Å². The van der Waals surface area contributed by atoms with E-state index in [0.717, 1.165) is 12.2 Å². The molecule has 1 aliphatic rings. The molecule has 1 N–H and O–H groups in total. The van der Waals surface area contributed by atoms with Crippen LogP contribution in [0.25, 0.3) is 0 Å². The predicted molar refractivity (Wildman–Crippen MR) is 78.4 cm³/mol. The average molecular weight is 293 g/mol. The minimum absolute atomic E-state index is 0.0178. The molecule has 0 spiro atoms. The van der Waals surface area contributed by atoms with E-state index in [1.54, 1.807) is 11.1 Å². The van der Waals surface area contributed by atoms with E-state index in [2.05, 4.69) is 10.4 Å². The summed E-state index contributed by atoms with van der Waals surface area (Å²) in [5.74, 6) is -0.306. The second-order valence-electron chi connectivity index (χ2n) is 5.70. The van der Waals surface area contributed by atoms with Gasteiger partial charge < -0.3 is 15.1 Å². The van der Waals surface area contributed by atoms with Gasteiger partial charge in [0.05, 0.1) is 24.7 Å². The third-order valence-corrected chi connectivity index (χ3v) is 3.67. The predicted octanol–water partition coefficient (Wildman–Crippen LogP) is -0.461. The minimum atomic E-state index is -0.266. The molecule has 0 saturated heterocycles. The summed E-state index contributed by atoms with van der Waals surface area (Å²) in [6.07, 6.45) is 1.71. The first kappa shape index (κ1) is 15.5. The number of carbonyl (C=O) groups is 2. The van der Waals surface area contributed by atoms with Crippen molar-refractivity contribution in [3.05, 3.63) is 18.0 Å². The summed E-state index contributed by atoms with van der Waals surface area (Å²) in [5, 5.41) is 7.18. The van der Waals surface area contributed by atoms with Gasteiger partial charge in [-0.2, -0.15) is 5.10 Å². The molecule has 0 bridgehead atoms. The molecule has 7 nitrogen and oxygen atoms in total. The number of likely N-dealkylation sites (N-methyl/N-ethyl adjacent to an activating group) is 1. The van der Waals surface area contributed by atoms with Crippen molar-refractivity contribution in [2.24, 2.45) is 5.92 Å². The molecule has 1 unspecified atom stereocenters. The zero-order valence-electron chi connectivity index (χ0n) is 12.9. The Balaban J connectivity index is 2.04. The molecule has 0 aliphatic carbocycles. The van der Waals surface area contributed by atoms with Crippen LogP contribution in [0.3, 0.4) is 0 Å². The van der Waals surface area contributed by atoms with E-state index < -0.39 is 0 Å². The Labute approximate surface area is 124 Å². The lowest BCUT2D eigenvalue weighted by molar-refractivity contribution is -0.132. The van der Waals surface area contributed by atoms with Gasteiger partial charge in [0.1, 0.15) is 0 Å². The lowest BCUT2D eigenvalue weighted by Gasteiger charge is -2.22. The maximum absolute atomic E-state index is 12.3. The van der Waals surface area contributed by atoms with Crippen molar-refractivity contribution < 1.29 is 9.59 Å². The highest BCUT2D eigenvalue weighted by Gasteiger charge is 2.28. The van der Waals surface area contributed by atoms with Gasteiger partial charge in [-0.25, -0.2) is 0 Å². The molecule has 7 heteroatoms. The number of amides is 2. The molecule has 0 aromatic carbocycles. The van der Waals surface area contributed by atoms with Gasteiger partial charge in [0, 0.05) is 32.8 Å². The van der Waals surface area contributed by atoms with Gasteiger partial charge in [0.2, 0.25) is 11.8 Å². The number of nitrogens with zero attached hydrogens (tertiary/aromatic N) is 4. The van der Waals surface area contributed by atoms with Gasteiger partial charge in [-0.3, -0.25) is 14.3 Å². The van der Waals surface area contributed by atoms with Crippen LogP contribution in [0.5, 0.6) is 0 Å². The van der Waals surface area contributed by atoms with Crippen molar-refractivity contribution in [1.82, 2.24) is 24.9 Å². The fourth-order valence-electron chi connectivity index (χ4n) is 2.40. The van der Waals surface area contributed by atoms with Gasteiger partial charge in [0.25, 0.3) is 0 Å². The van der Waals surface area contributed by atoms with Gasteiger partial charge in [-0.05, 0) is 20.2 Å². The first-order valence-corrected chi connectivity index (χ1v) is 7.16. The van der Waals surface area contributed by atoms with Crippen molar-refractivity contribution >= 4 is 11.8 Å². The van der Waals surface area contributed by atoms with Crippen LogP contribution in [0.4, 0.5) is 0 Å². The van der Waals surface area contributed by atoms with E-state index in [-0.39, 0.29) is 17.7 Å². The van der Waals surface area contributed by atoms with Crippen LogP contribution < -0.4 is 5.32 Å². The fourth-order valence-corrected chi connectivity index (χ4v) is 2.40. The third kappa shape index (κ3) is 4.04. The lowest BCUT2D eigenvalue weighted by Crippen LogP contribution is -2.42. The Bertz CT molecular complexity index is 511. The smallest absolute Gasteiger partial charge is 0.226 e. The molecule has 0 saturated carbocycles. The van der Waals surface area contributed by atoms with Gasteiger partial charge in [0.15, 0.2) is 0 Å². The molecule has 2 rings (SSSR count). The Morgan fingerprint density at radius 3 is 2.86 bits per heavy atom. The standard InChI is InChI=1S/C14H23N5O2/c1-11(20)18-8-12(14(21)15-6-7-17(2)3)9-19-13(10-18)4-5-16-19/h4-5,12H,6-10H2,1-3H3,(H,15,21). The summed E-state index contributed by atoms with van der Waals surface area (Å²) in [6.45, 7) is 4.40. The van der Waals surface area contributed by atoms with Gasteiger partial charge in [-0.1, -0.05) is 0 Å². The van der Waals surface area contributed by atoms with Crippen LogP contribution in [0.15, 0.2) is 12.3 Å². The third-order valence-electron chi connectivity index (χ3n) is 3.67. The van der Waals surface area contributed by atoms with Crippen molar-refractivity contribution in [3.8, 4) is 0 Å². The van der Waals surface area contributed by atoms with E-state index in [1.165, 1.54) is 6.92 Å². The largest absolute Gasteiger partial charge is 0.354 e. The SMILES string of the molecule is CC(=O)N1Cc2ccnn2CC(C(=O)NCCN(C)C)C1. The van der Waals surface area contributed by atoms with Crippen LogP contribution in [-0.2, 0) is 22.7 Å². The second-order valence-corrected chi connectivity index (χ2v) is 5.70. The molecule has 116 valence electrons. The topological polar surface area (TPSA) is 70.5 Å². The molecule has 2 amide bonds. The van der Waals surface area contributed by atoms with E-state index in [4.69, 9.17) is 0 Å². The lowest BCUT2D eigenvalue weighted by atomic mass is 10.1. The number of hydrogen-bond donors (Lipinski definition) is 1. The molecule has 1 atom stereocenters. The first-order valence-electron chi connectivity index (χ1n) is 7.16. The first-order chi connectivity index (χ1) is 9.97. The maximum Gasteiger partial charge on any atom is 0.226 e. The summed E-state index contributed by atoms with van der Waals surface area (Å²) in [4.78, 5) is 27.8. The average Bonchev–Trinajstić information content (AvgIpc) is 2.75. The Hall–Kier alpha value is -1.89. The molecular formula is C14H23N5O2. The maximum atomic E-state index is 12.3. The molecule has 1 aliphatic heterocycles. The summed E-state index contributed by atoms with van der Waals surface area (Å²) < 4.78 is 1.82. The van der Waals surface area contributed by atoms with Crippen LogP contribution >= 0.6 is 0 Å². The zero-order chi connectivity index (χ0) is 15.4. The van der Waals surface area contributed by atoms with Crippen LogP contribution in [0.2, 0.25) is 0 Å². The second kappa shape index (κ2) is 6.71. The number of rotatable bonds is 4. The van der Waals surface area contributed by atoms with Crippen LogP contribution in [0, 0.1) is 5.92 Å². The highest BCUT2D eigenvalue weighted by molar-refractivity contribution is 5.80. The highest BCUT2D eigenvalue weighted by atomic mass is 16.2. The Kier molecular flexibility index (Phi) is 4.95. The summed E-state index contributed by atoms with van der Waals surface area (Å²) >= 11 is 0. The Morgan fingerprint density at radius 2 is 2.19 bits per heavy atom. The Morgan fingerprint density at radius 1 is 1.43 bits per heavy atom. The molecule has 2 heterocycles.